The maximum absolute atomic E-state index is 14.2. The van der Waals surface area contributed by atoms with E-state index in [9.17, 15) is 14.4 Å². The molecule has 2 N–H and O–H groups in total. The number of hydrogen-bond acceptors (Lipinski definition) is 4. The fraction of sp³-hybridized carbons (Fsp3) is 0.710. The van der Waals surface area contributed by atoms with E-state index < -0.39 is 29.3 Å². The molecule has 216 valence electrons. The van der Waals surface area contributed by atoms with E-state index in [1.165, 1.54) is 12.8 Å². The Morgan fingerprint density at radius 2 is 1.45 bits per heavy atom. The highest BCUT2D eigenvalue weighted by atomic mass is 16.6. The number of nitrogens with zero attached hydrogens (tertiary/aromatic N) is 1. The summed E-state index contributed by atoms with van der Waals surface area (Å²) >= 11 is 0. The largest absolute Gasteiger partial charge is 0.444 e. The van der Waals surface area contributed by atoms with Crippen molar-refractivity contribution in [1.29, 1.82) is 0 Å². The third kappa shape index (κ3) is 12.3. The third-order valence-corrected chi connectivity index (χ3v) is 6.09. The lowest BCUT2D eigenvalue weighted by atomic mass is 9.97. The van der Waals surface area contributed by atoms with Gasteiger partial charge in [0.15, 0.2) is 0 Å². The van der Waals surface area contributed by atoms with E-state index in [1.807, 2.05) is 65.8 Å². The Bertz CT molecular complexity index is 882. The number of alkyl carbamates (subject to hydrolysis) is 1. The topological polar surface area (TPSA) is 87.7 Å². The maximum Gasteiger partial charge on any atom is 0.408 e. The molecule has 0 fully saturated rings. The van der Waals surface area contributed by atoms with Crippen molar-refractivity contribution in [1.82, 2.24) is 15.5 Å². The van der Waals surface area contributed by atoms with Gasteiger partial charge >= 0.3 is 6.09 Å². The number of amides is 3. The quantitative estimate of drug-likeness (QED) is 0.278. The van der Waals surface area contributed by atoms with Crippen molar-refractivity contribution >= 4 is 17.9 Å². The molecule has 0 heterocycles. The van der Waals surface area contributed by atoms with Gasteiger partial charge in [0.2, 0.25) is 11.8 Å². The van der Waals surface area contributed by atoms with Crippen LogP contribution in [0.5, 0.6) is 0 Å². The van der Waals surface area contributed by atoms with Crippen LogP contribution in [0.3, 0.4) is 0 Å². The standard InChI is InChI=1S/C31H53N3O4/c1-11-12-13-14-15-16-21-34(28(36)25(22(2)3)32-29(37)38-31(8,9)10)26(27(35)33-30(5,6)7)24-19-17-23(4)18-20-24/h17-20,22,25-26H,11-16,21H2,1-10H3,(H,32,37)(H,33,35). The minimum atomic E-state index is -0.833. The van der Waals surface area contributed by atoms with Gasteiger partial charge in [0.1, 0.15) is 17.7 Å². The summed E-state index contributed by atoms with van der Waals surface area (Å²) in [6, 6.07) is 6.09. The second-order valence-corrected chi connectivity index (χ2v) is 12.7. The first kappa shape index (κ1) is 33.5. The number of rotatable bonds is 13. The van der Waals surface area contributed by atoms with Crippen molar-refractivity contribution < 1.29 is 19.1 Å². The molecule has 0 spiro atoms. The third-order valence-electron chi connectivity index (χ3n) is 6.09. The molecule has 7 heteroatoms. The normalized spacial score (nSPS) is 13.6. The molecule has 0 saturated carbocycles. The number of hydrogen-bond donors (Lipinski definition) is 2. The molecular formula is C31H53N3O4. The Morgan fingerprint density at radius 1 is 0.895 bits per heavy atom. The number of unbranched alkanes of at least 4 members (excludes halogenated alkanes) is 5. The molecule has 1 aromatic carbocycles. The summed E-state index contributed by atoms with van der Waals surface area (Å²) in [4.78, 5) is 42.3. The monoisotopic (exact) mass is 531 g/mol. The van der Waals surface area contributed by atoms with Crippen LogP contribution in [-0.2, 0) is 14.3 Å². The highest BCUT2D eigenvalue weighted by molar-refractivity contribution is 5.92. The maximum atomic E-state index is 14.2. The molecule has 0 bridgehead atoms. The zero-order valence-electron chi connectivity index (χ0n) is 25.6. The molecule has 2 atom stereocenters. The SMILES string of the molecule is CCCCCCCCN(C(=O)C(NC(=O)OC(C)(C)C)C(C)C)C(C(=O)NC(C)(C)C)c1ccc(C)cc1. The van der Waals surface area contributed by atoms with Crippen LogP contribution in [0.1, 0.15) is 118 Å². The van der Waals surface area contributed by atoms with Gasteiger partial charge in [-0.25, -0.2) is 4.79 Å². The van der Waals surface area contributed by atoms with Crippen molar-refractivity contribution in [3.63, 3.8) is 0 Å². The van der Waals surface area contributed by atoms with Crippen LogP contribution in [0.4, 0.5) is 4.79 Å². The lowest BCUT2D eigenvalue weighted by molar-refractivity contribution is -0.144. The molecule has 0 aliphatic carbocycles. The predicted octanol–water partition coefficient (Wildman–Crippen LogP) is 6.69. The molecule has 2 unspecified atom stereocenters. The molecule has 38 heavy (non-hydrogen) atoms. The van der Waals surface area contributed by atoms with Crippen LogP contribution < -0.4 is 10.6 Å². The summed E-state index contributed by atoms with van der Waals surface area (Å²) in [6.45, 7) is 19.5. The van der Waals surface area contributed by atoms with E-state index in [2.05, 4.69) is 17.6 Å². The van der Waals surface area contributed by atoms with Gasteiger partial charge in [-0.3, -0.25) is 9.59 Å². The van der Waals surface area contributed by atoms with Crippen molar-refractivity contribution in [2.45, 2.75) is 131 Å². The first-order chi connectivity index (χ1) is 17.6. The average Bonchev–Trinajstić information content (AvgIpc) is 2.77. The van der Waals surface area contributed by atoms with Gasteiger partial charge in [-0.2, -0.15) is 0 Å². The fourth-order valence-electron chi connectivity index (χ4n) is 4.22. The zero-order valence-corrected chi connectivity index (χ0v) is 25.6. The van der Waals surface area contributed by atoms with Crippen molar-refractivity contribution in [2.24, 2.45) is 5.92 Å². The van der Waals surface area contributed by atoms with E-state index in [1.54, 1.807) is 25.7 Å². The number of ether oxygens (including phenoxy) is 1. The van der Waals surface area contributed by atoms with Gasteiger partial charge in [-0.15, -0.1) is 0 Å². The Balaban J connectivity index is 3.42. The molecule has 0 aromatic heterocycles. The second kappa shape index (κ2) is 15.1. The number of carbonyl (C=O) groups is 3. The average molecular weight is 532 g/mol. The summed E-state index contributed by atoms with van der Waals surface area (Å²) < 4.78 is 5.46. The fourth-order valence-corrected chi connectivity index (χ4v) is 4.22. The summed E-state index contributed by atoms with van der Waals surface area (Å²) in [5, 5.41) is 5.87. The van der Waals surface area contributed by atoms with Crippen LogP contribution >= 0.6 is 0 Å². The molecule has 7 nitrogen and oxygen atoms in total. The Morgan fingerprint density at radius 3 is 1.95 bits per heavy atom. The smallest absolute Gasteiger partial charge is 0.408 e. The molecule has 0 radical (unpaired) electrons. The van der Waals surface area contributed by atoms with E-state index in [0.717, 1.165) is 36.8 Å². The summed E-state index contributed by atoms with van der Waals surface area (Å²) in [7, 11) is 0. The summed E-state index contributed by atoms with van der Waals surface area (Å²) in [6.07, 6.45) is 5.70. The minimum absolute atomic E-state index is 0.202. The Labute approximate surface area is 231 Å². The van der Waals surface area contributed by atoms with Crippen molar-refractivity contribution in [2.75, 3.05) is 6.54 Å². The zero-order chi connectivity index (χ0) is 29.1. The molecule has 0 saturated heterocycles. The van der Waals surface area contributed by atoms with Crippen LogP contribution in [0.25, 0.3) is 0 Å². The van der Waals surface area contributed by atoms with E-state index >= 15 is 0 Å². The van der Waals surface area contributed by atoms with Gasteiger partial charge in [0.25, 0.3) is 0 Å². The lowest BCUT2D eigenvalue weighted by Crippen LogP contribution is -2.56. The number of benzene rings is 1. The van der Waals surface area contributed by atoms with Gasteiger partial charge in [-0.05, 0) is 66.4 Å². The number of aryl methyl sites for hydroxylation is 1. The van der Waals surface area contributed by atoms with Crippen LogP contribution in [-0.4, -0.2) is 46.5 Å². The highest BCUT2D eigenvalue weighted by Gasteiger charge is 2.38. The summed E-state index contributed by atoms with van der Waals surface area (Å²) in [5.41, 5.74) is 0.658. The van der Waals surface area contributed by atoms with E-state index in [0.29, 0.717) is 6.54 Å². The van der Waals surface area contributed by atoms with Crippen LogP contribution in [0, 0.1) is 12.8 Å². The van der Waals surface area contributed by atoms with E-state index in [-0.39, 0.29) is 17.7 Å². The van der Waals surface area contributed by atoms with Crippen LogP contribution in [0.15, 0.2) is 24.3 Å². The molecule has 1 aromatic rings. The molecular weight excluding hydrogens is 478 g/mol. The second-order valence-electron chi connectivity index (χ2n) is 12.7. The van der Waals surface area contributed by atoms with Gasteiger partial charge < -0.3 is 20.3 Å². The predicted molar refractivity (Wildman–Crippen MR) is 155 cm³/mol. The summed E-state index contributed by atoms with van der Waals surface area (Å²) in [5.74, 6) is -0.721. The first-order valence-electron chi connectivity index (χ1n) is 14.2. The molecule has 0 aliphatic rings. The van der Waals surface area contributed by atoms with Gasteiger partial charge in [0, 0.05) is 12.1 Å². The van der Waals surface area contributed by atoms with Gasteiger partial charge in [0.05, 0.1) is 0 Å². The molecule has 3 amide bonds. The van der Waals surface area contributed by atoms with E-state index in [4.69, 9.17) is 4.74 Å². The first-order valence-corrected chi connectivity index (χ1v) is 14.2. The minimum Gasteiger partial charge on any atom is -0.444 e. The van der Waals surface area contributed by atoms with Crippen molar-refractivity contribution in [3.8, 4) is 0 Å². The van der Waals surface area contributed by atoms with Crippen molar-refractivity contribution in [3.05, 3.63) is 35.4 Å². The molecule has 0 aliphatic heterocycles. The molecule has 1 rings (SSSR count). The Kier molecular flexibility index (Phi) is 13.3. The van der Waals surface area contributed by atoms with Crippen LogP contribution in [0.2, 0.25) is 0 Å². The highest BCUT2D eigenvalue weighted by Crippen LogP contribution is 2.26. The lowest BCUT2D eigenvalue weighted by Gasteiger charge is -2.37. The number of nitrogens with one attached hydrogen (secondary N) is 2. The van der Waals surface area contributed by atoms with Gasteiger partial charge in [-0.1, -0.05) is 82.7 Å². The Hall–Kier alpha value is -2.57. The number of carbonyl (C=O) groups excluding carboxylic acids is 3.